The molecule has 0 aliphatic rings. The molecular weight excluding hydrogens is 378 g/mol. The number of non-ortho nitro benzene ring substituents is 1. The summed E-state index contributed by atoms with van der Waals surface area (Å²) in [5.74, 6) is 5.21. The molecule has 124 valence electrons. The molecule has 0 spiro atoms. The predicted molar refractivity (Wildman–Crippen MR) is 92.9 cm³/mol. The van der Waals surface area contributed by atoms with Crippen LogP contribution in [0.25, 0.3) is 6.08 Å². The molecule has 0 saturated carbocycles. The highest BCUT2D eigenvalue weighted by Gasteiger charge is 2.06. The number of carbonyl (C=O) groups is 1. The van der Waals surface area contributed by atoms with Crippen LogP contribution < -0.4 is 16.0 Å². The van der Waals surface area contributed by atoms with Gasteiger partial charge in [-0.05, 0) is 57.4 Å². The van der Waals surface area contributed by atoms with Gasteiger partial charge in [0, 0.05) is 18.2 Å². The topological polar surface area (TPSA) is 107 Å². The van der Waals surface area contributed by atoms with Gasteiger partial charge in [-0.25, -0.2) is 5.84 Å². The molecule has 8 heteroatoms. The van der Waals surface area contributed by atoms with Crippen LogP contribution in [0, 0.1) is 10.1 Å². The third kappa shape index (κ3) is 4.90. The molecule has 0 aliphatic heterocycles. The monoisotopic (exact) mass is 391 g/mol. The maximum atomic E-state index is 11.1. The van der Waals surface area contributed by atoms with Crippen molar-refractivity contribution < 1.29 is 14.5 Å². The summed E-state index contributed by atoms with van der Waals surface area (Å²) in [6.07, 6.45) is 2.94. The smallest absolute Gasteiger partial charge is 0.269 e. The zero-order chi connectivity index (χ0) is 17.5. The van der Waals surface area contributed by atoms with Crippen molar-refractivity contribution in [2.45, 2.75) is 6.61 Å². The molecule has 0 radical (unpaired) electrons. The molecule has 0 aliphatic carbocycles. The van der Waals surface area contributed by atoms with Gasteiger partial charge in [0.25, 0.3) is 11.6 Å². The van der Waals surface area contributed by atoms with Gasteiger partial charge >= 0.3 is 0 Å². The molecule has 2 aromatic rings. The molecule has 0 heterocycles. The Labute approximate surface area is 146 Å². The summed E-state index contributed by atoms with van der Waals surface area (Å²) < 4.78 is 6.41. The summed E-state index contributed by atoms with van der Waals surface area (Å²) in [6, 6.07) is 11.5. The number of nitrogens with zero attached hydrogens (tertiary/aromatic N) is 1. The number of nitrogens with one attached hydrogen (secondary N) is 1. The number of rotatable bonds is 6. The van der Waals surface area contributed by atoms with Crippen molar-refractivity contribution in [3.8, 4) is 5.75 Å². The van der Waals surface area contributed by atoms with Gasteiger partial charge in [-0.15, -0.1) is 0 Å². The number of hydrazine groups is 1. The summed E-state index contributed by atoms with van der Waals surface area (Å²) in [5, 5.41) is 10.6. The van der Waals surface area contributed by atoms with E-state index in [2.05, 4.69) is 15.9 Å². The second-order valence-corrected chi connectivity index (χ2v) is 5.60. The molecule has 0 saturated heterocycles. The first-order valence-corrected chi connectivity index (χ1v) is 7.63. The Morgan fingerprint density at radius 2 is 2.00 bits per heavy atom. The van der Waals surface area contributed by atoms with E-state index in [1.54, 1.807) is 36.4 Å². The van der Waals surface area contributed by atoms with E-state index in [-0.39, 0.29) is 12.3 Å². The Morgan fingerprint density at radius 3 is 2.58 bits per heavy atom. The van der Waals surface area contributed by atoms with Crippen LogP contribution in [0.1, 0.15) is 11.1 Å². The van der Waals surface area contributed by atoms with Gasteiger partial charge in [-0.1, -0.05) is 6.07 Å². The van der Waals surface area contributed by atoms with Gasteiger partial charge in [-0.2, -0.15) is 0 Å². The van der Waals surface area contributed by atoms with Crippen LogP contribution in [0.4, 0.5) is 5.69 Å². The van der Waals surface area contributed by atoms with E-state index in [1.165, 1.54) is 18.2 Å². The summed E-state index contributed by atoms with van der Waals surface area (Å²) >= 11 is 3.40. The van der Waals surface area contributed by atoms with Crippen molar-refractivity contribution in [1.82, 2.24) is 5.43 Å². The van der Waals surface area contributed by atoms with E-state index < -0.39 is 10.8 Å². The van der Waals surface area contributed by atoms with E-state index >= 15 is 0 Å². The van der Waals surface area contributed by atoms with Crippen molar-refractivity contribution in [3.05, 3.63) is 74.3 Å². The van der Waals surface area contributed by atoms with Crippen LogP contribution in [0.2, 0.25) is 0 Å². The van der Waals surface area contributed by atoms with Crippen LogP contribution in [-0.4, -0.2) is 10.8 Å². The Balaban J connectivity index is 2.01. The fourth-order valence-corrected chi connectivity index (χ4v) is 2.34. The number of benzene rings is 2. The van der Waals surface area contributed by atoms with Crippen LogP contribution in [0.15, 0.2) is 53.0 Å². The van der Waals surface area contributed by atoms with Crippen LogP contribution >= 0.6 is 15.9 Å². The van der Waals surface area contributed by atoms with Gasteiger partial charge in [0.05, 0.1) is 9.40 Å². The normalized spacial score (nSPS) is 10.6. The minimum atomic E-state index is -0.446. The fraction of sp³-hybridized carbons (Fsp3) is 0.0625. The van der Waals surface area contributed by atoms with Crippen molar-refractivity contribution in [2.75, 3.05) is 0 Å². The molecule has 0 fully saturated rings. The lowest BCUT2D eigenvalue weighted by Crippen LogP contribution is -2.27. The van der Waals surface area contributed by atoms with Gasteiger partial charge in [0.2, 0.25) is 0 Å². The summed E-state index contributed by atoms with van der Waals surface area (Å²) in [4.78, 5) is 21.2. The lowest BCUT2D eigenvalue weighted by molar-refractivity contribution is -0.384. The Kier molecular flexibility index (Phi) is 6.05. The van der Waals surface area contributed by atoms with E-state index in [1.807, 2.05) is 5.43 Å². The molecule has 0 aromatic heterocycles. The van der Waals surface area contributed by atoms with E-state index in [9.17, 15) is 14.9 Å². The SMILES string of the molecule is NNC(=O)/C=C/c1ccc(OCc2ccc([N+](=O)[O-])cc2)c(Br)c1. The van der Waals surface area contributed by atoms with Crippen molar-refractivity contribution in [1.29, 1.82) is 0 Å². The highest BCUT2D eigenvalue weighted by atomic mass is 79.9. The average Bonchev–Trinajstić information content (AvgIpc) is 2.59. The Morgan fingerprint density at radius 1 is 1.29 bits per heavy atom. The van der Waals surface area contributed by atoms with Gasteiger partial charge in [0.1, 0.15) is 12.4 Å². The Hall–Kier alpha value is -2.71. The highest BCUT2D eigenvalue weighted by Crippen LogP contribution is 2.27. The van der Waals surface area contributed by atoms with Gasteiger partial charge in [0.15, 0.2) is 0 Å². The van der Waals surface area contributed by atoms with Crippen molar-refractivity contribution >= 4 is 33.6 Å². The third-order valence-corrected chi connectivity index (χ3v) is 3.69. The fourth-order valence-electron chi connectivity index (χ4n) is 1.83. The minimum absolute atomic E-state index is 0.0394. The largest absolute Gasteiger partial charge is 0.488 e. The molecule has 24 heavy (non-hydrogen) atoms. The number of hydrogen-bond acceptors (Lipinski definition) is 5. The number of amides is 1. The maximum Gasteiger partial charge on any atom is 0.269 e. The first-order valence-electron chi connectivity index (χ1n) is 6.84. The number of nitrogens with two attached hydrogens (primary N) is 1. The first-order chi connectivity index (χ1) is 11.5. The van der Waals surface area contributed by atoms with Crippen LogP contribution in [0.5, 0.6) is 5.75 Å². The minimum Gasteiger partial charge on any atom is -0.488 e. The molecule has 0 unspecified atom stereocenters. The van der Waals surface area contributed by atoms with Crippen LogP contribution in [-0.2, 0) is 11.4 Å². The number of nitro groups is 1. The zero-order valence-corrected chi connectivity index (χ0v) is 14.0. The molecule has 1 amide bonds. The predicted octanol–water partition coefficient (Wildman–Crippen LogP) is 2.94. The summed E-state index contributed by atoms with van der Waals surface area (Å²) in [6.45, 7) is 0.279. The molecule has 2 aromatic carbocycles. The van der Waals surface area contributed by atoms with E-state index in [0.717, 1.165) is 15.6 Å². The molecule has 0 bridgehead atoms. The first kappa shape index (κ1) is 17.6. The second-order valence-electron chi connectivity index (χ2n) is 4.74. The molecule has 2 rings (SSSR count). The van der Waals surface area contributed by atoms with Gasteiger partial charge in [-0.3, -0.25) is 20.3 Å². The number of carbonyl (C=O) groups excluding carboxylic acids is 1. The second kappa shape index (κ2) is 8.23. The van der Waals surface area contributed by atoms with Crippen LogP contribution in [0.3, 0.4) is 0 Å². The molecule has 0 atom stereocenters. The summed E-state index contributed by atoms with van der Waals surface area (Å²) in [7, 11) is 0. The number of nitro benzene ring substituents is 1. The van der Waals surface area contributed by atoms with E-state index in [0.29, 0.717) is 5.75 Å². The van der Waals surface area contributed by atoms with Crippen molar-refractivity contribution in [2.24, 2.45) is 5.84 Å². The average molecular weight is 392 g/mol. The molecule has 3 N–H and O–H groups in total. The zero-order valence-electron chi connectivity index (χ0n) is 12.4. The summed E-state index contributed by atoms with van der Waals surface area (Å²) in [5.41, 5.74) is 3.66. The maximum absolute atomic E-state index is 11.1. The lowest BCUT2D eigenvalue weighted by Gasteiger charge is -2.09. The number of hydrogen-bond donors (Lipinski definition) is 2. The number of ether oxygens (including phenoxy) is 1. The molecular formula is C16H14BrN3O4. The van der Waals surface area contributed by atoms with Gasteiger partial charge < -0.3 is 4.74 Å². The third-order valence-electron chi connectivity index (χ3n) is 3.07. The standard InChI is InChI=1S/C16H14BrN3O4/c17-14-9-11(4-8-16(21)19-18)3-7-15(14)24-10-12-1-5-13(6-2-12)20(22)23/h1-9H,10,18H2,(H,19,21)/b8-4+. The number of halogens is 1. The quantitative estimate of drug-likeness (QED) is 0.258. The Bertz CT molecular complexity index is 775. The van der Waals surface area contributed by atoms with Crippen molar-refractivity contribution in [3.63, 3.8) is 0 Å². The lowest BCUT2D eigenvalue weighted by atomic mass is 10.2. The van der Waals surface area contributed by atoms with E-state index in [4.69, 9.17) is 10.6 Å². The highest BCUT2D eigenvalue weighted by molar-refractivity contribution is 9.10. The molecule has 7 nitrogen and oxygen atoms in total.